The van der Waals surface area contributed by atoms with Crippen molar-refractivity contribution in [3.05, 3.63) is 34.9 Å². The summed E-state index contributed by atoms with van der Waals surface area (Å²) in [5.41, 5.74) is 2.19. The molecule has 0 saturated heterocycles. The summed E-state index contributed by atoms with van der Waals surface area (Å²) in [6.45, 7) is 0. The third-order valence-electron chi connectivity index (χ3n) is 2.08. The molecule has 2 aromatic rings. The molecule has 0 saturated carbocycles. The number of pyridine rings is 1. The Hall–Kier alpha value is -0.870. The second-order valence-corrected chi connectivity index (χ2v) is 4.58. The highest BCUT2D eigenvalue weighted by molar-refractivity contribution is 7.80. The summed E-state index contributed by atoms with van der Waals surface area (Å²) < 4.78 is 0. The molecule has 2 nitrogen and oxygen atoms in total. The van der Waals surface area contributed by atoms with E-state index in [1.165, 1.54) is 5.01 Å². The fourth-order valence-corrected chi connectivity index (χ4v) is 2.32. The number of rotatable bonds is 4. The first kappa shape index (κ1) is 10.6. The van der Waals surface area contributed by atoms with Crippen LogP contribution in [0.5, 0.6) is 0 Å². The lowest BCUT2D eigenvalue weighted by Gasteiger charge is -1.94. The van der Waals surface area contributed by atoms with Crippen molar-refractivity contribution in [1.82, 2.24) is 9.97 Å². The molecular formula is C11H12N2S2. The Morgan fingerprint density at radius 2 is 2.07 bits per heavy atom. The number of aromatic nitrogens is 2. The molecule has 78 valence electrons. The molecule has 0 aliphatic rings. The maximum absolute atomic E-state index is 4.57. The lowest BCUT2D eigenvalue weighted by molar-refractivity contribution is 0.923. The van der Waals surface area contributed by atoms with Gasteiger partial charge in [0.1, 0.15) is 0 Å². The topological polar surface area (TPSA) is 25.8 Å². The van der Waals surface area contributed by atoms with E-state index < -0.39 is 0 Å². The quantitative estimate of drug-likeness (QED) is 0.826. The predicted molar refractivity (Wildman–Crippen MR) is 67.5 cm³/mol. The first-order chi connectivity index (χ1) is 7.40. The highest BCUT2D eigenvalue weighted by Crippen LogP contribution is 2.21. The van der Waals surface area contributed by atoms with Gasteiger partial charge in [-0.3, -0.25) is 4.98 Å². The predicted octanol–water partition coefficient (Wildman–Crippen LogP) is 3.07. The molecule has 0 fully saturated rings. The Kier molecular flexibility index (Phi) is 3.75. The van der Waals surface area contributed by atoms with Crippen molar-refractivity contribution >= 4 is 24.0 Å². The van der Waals surface area contributed by atoms with Gasteiger partial charge in [0.25, 0.3) is 0 Å². The highest BCUT2D eigenvalue weighted by Gasteiger charge is 2.03. The van der Waals surface area contributed by atoms with E-state index in [1.807, 2.05) is 12.1 Å². The monoisotopic (exact) mass is 236 g/mol. The third-order valence-corrected chi connectivity index (χ3v) is 3.30. The van der Waals surface area contributed by atoms with Gasteiger partial charge in [0.05, 0.1) is 10.7 Å². The van der Waals surface area contributed by atoms with E-state index in [0.29, 0.717) is 0 Å². The van der Waals surface area contributed by atoms with Crippen LogP contribution in [0.25, 0.3) is 11.3 Å². The lowest BCUT2D eigenvalue weighted by atomic mass is 10.2. The van der Waals surface area contributed by atoms with Gasteiger partial charge in [-0.25, -0.2) is 4.98 Å². The van der Waals surface area contributed by atoms with Gasteiger partial charge < -0.3 is 0 Å². The Balaban J connectivity index is 2.14. The standard InChI is InChI=1S/C11H12N2S2/c14-7-1-2-11-13-10(8-15-11)9-3-5-12-6-4-9/h3-6,8,14H,1-2,7H2. The third kappa shape index (κ3) is 2.79. The minimum Gasteiger partial charge on any atom is -0.265 e. The normalized spacial score (nSPS) is 10.5. The van der Waals surface area contributed by atoms with E-state index in [4.69, 9.17) is 0 Å². The van der Waals surface area contributed by atoms with Crippen molar-refractivity contribution in [2.45, 2.75) is 12.8 Å². The first-order valence-electron chi connectivity index (χ1n) is 4.86. The fourth-order valence-electron chi connectivity index (χ4n) is 1.31. The Bertz CT molecular complexity index is 412. The zero-order chi connectivity index (χ0) is 10.5. The summed E-state index contributed by atoms with van der Waals surface area (Å²) in [6, 6.07) is 3.97. The smallest absolute Gasteiger partial charge is 0.0932 e. The number of hydrogen-bond acceptors (Lipinski definition) is 4. The minimum absolute atomic E-state index is 0.921. The van der Waals surface area contributed by atoms with Crippen LogP contribution in [0.4, 0.5) is 0 Å². The molecule has 0 aliphatic carbocycles. The second kappa shape index (κ2) is 5.28. The average Bonchev–Trinajstić information content (AvgIpc) is 2.76. The van der Waals surface area contributed by atoms with Crippen LogP contribution in [0.2, 0.25) is 0 Å². The van der Waals surface area contributed by atoms with E-state index in [-0.39, 0.29) is 0 Å². The summed E-state index contributed by atoms with van der Waals surface area (Å²) in [5, 5.41) is 3.29. The number of thiol groups is 1. The molecule has 2 rings (SSSR count). The van der Waals surface area contributed by atoms with Gasteiger partial charge in [0.15, 0.2) is 0 Å². The summed E-state index contributed by atoms with van der Waals surface area (Å²) in [4.78, 5) is 8.57. The summed E-state index contributed by atoms with van der Waals surface area (Å²) in [5.74, 6) is 0.921. The van der Waals surface area contributed by atoms with Crippen LogP contribution in [0, 0.1) is 0 Å². The Labute approximate surface area is 98.8 Å². The summed E-state index contributed by atoms with van der Waals surface area (Å²) in [7, 11) is 0. The summed E-state index contributed by atoms with van der Waals surface area (Å²) in [6.07, 6.45) is 5.70. The van der Waals surface area contributed by atoms with Crippen molar-refractivity contribution in [1.29, 1.82) is 0 Å². The number of aryl methyl sites for hydroxylation is 1. The second-order valence-electron chi connectivity index (χ2n) is 3.19. The number of hydrogen-bond donors (Lipinski definition) is 1. The molecule has 0 unspecified atom stereocenters. The van der Waals surface area contributed by atoms with Crippen molar-refractivity contribution < 1.29 is 0 Å². The summed E-state index contributed by atoms with van der Waals surface area (Å²) >= 11 is 5.92. The largest absolute Gasteiger partial charge is 0.265 e. The van der Waals surface area contributed by atoms with Gasteiger partial charge in [0.2, 0.25) is 0 Å². The van der Waals surface area contributed by atoms with Gasteiger partial charge in [-0.15, -0.1) is 11.3 Å². The SMILES string of the molecule is SCCCc1nc(-c2ccncc2)cs1. The molecule has 0 aromatic carbocycles. The fraction of sp³-hybridized carbons (Fsp3) is 0.273. The van der Waals surface area contributed by atoms with E-state index in [9.17, 15) is 0 Å². The molecule has 0 atom stereocenters. The maximum Gasteiger partial charge on any atom is 0.0932 e. The van der Waals surface area contributed by atoms with Crippen LogP contribution < -0.4 is 0 Å². The van der Waals surface area contributed by atoms with E-state index >= 15 is 0 Å². The van der Waals surface area contributed by atoms with Crippen LogP contribution in [0.3, 0.4) is 0 Å². The number of nitrogens with zero attached hydrogens (tertiary/aromatic N) is 2. The molecule has 0 amide bonds. The molecular weight excluding hydrogens is 224 g/mol. The van der Waals surface area contributed by atoms with Crippen molar-refractivity contribution in [3.63, 3.8) is 0 Å². The Morgan fingerprint density at radius 1 is 1.27 bits per heavy atom. The van der Waals surface area contributed by atoms with Crippen LogP contribution in [0.1, 0.15) is 11.4 Å². The zero-order valence-corrected chi connectivity index (χ0v) is 9.97. The number of thiazole rings is 1. The van der Waals surface area contributed by atoms with Crippen molar-refractivity contribution in [3.8, 4) is 11.3 Å². The van der Waals surface area contributed by atoms with Crippen LogP contribution in [-0.2, 0) is 6.42 Å². The van der Waals surface area contributed by atoms with Gasteiger partial charge in [0, 0.05) is 29.8 Å². The van der Waals surface area contributed by atoms with Crippen LogP contribution in [0.15, 0.2) is 29.9 Å². The average molecular weight is 236 g/mol. The molecule has 2 heterocycles. The van der Waals surface area contributed by atoms with Gasteiger partial charge in [-0.2, -0.15) is 12.6 Å². The molecule has 0 N–H and O–H groups in total. The van der Waals surface area contributed by atoms with Gasteiger partial charge in [-0.05, 0) is 24.3 Å². The molecule has 0 radical (unpaired) electrons. The van der Waals surface area contributed by atoms with Crippen molar-refractivity contribution in [2.75, 3.05) is 5.75 Å². The van der Waals surface area contributed by atoms with Crippen LogP contribution >= 0.6 is 24.0 Å². The van der Waals surface area contributed by atoms with E-state index in [2.05, 4.69) is 28.0 Å². The lowest BCUT2D eigenvalue weighted by Crippen LogP contribution is -1.85. The molecule has 15 heavy (non-hydrogen) atoms. The van der Waals surface area contributed by atoms with Gasteiger partial charge >= 0.3 is 0 Å². The molecule has 2 aromatic heterocycles. The van der Waals surface area contributed by atoms with Crippen molar-refractivity contribution in [2.24, 2.45) is 0 Å². The molecule has 0 spiro atoms. The van der Waals surface area contributed by atoms with E-state index in [1.54, 1.807) is 23.7 Å². The molecule has 0 bridgehead atoms. The highest BCUT2D eigenvalue weighted by atomic mass is 32.1. The minimum atomic E-state index is 0.921. The first-order valence-corrected chi connectivity index (χ1v) is 6.37. The molecule has 4 heteroatoms. The zero-order valence-electron chi connectivity index (χ0n) is 8.26. The van der Waals surface area contributed by atoms with E-state index in [0.717, 1.165) is 29.9 Å². The van der Waals surface area contributed by atoms with Crippen LogP contribution in [-0.4, -0.2) is 15.7 Å². The Morgan fingerprint density at radius 3 is 2.80 bits per heavy atom. The maximum atomic E-state index is 4.57. The van der Waals surface area contributed by atoms with Gasteiger partial charge in [-0.1, -0.05) is 0 Å². The molecule has 0 aliphatic heterocycles.